The van der Waals surface area contributed by atoms with Crippen LogP contribution in [-0.2, 0) is 11.3 Å². The first-order chi connectivity index (χ1) is 10.7. The highest BCUT2D eigenvalue weighted by Gasteiger charge is 2.35. The number of hydrogen-bond acceptors (Lipinski definition) is 4. The highest BCUT2D eigenvalue weighted by molar-refractivity contribution is 5.86. The van der Waals surface area contributed by atoms with E-state index in [4.69, 9.17) is 5.73 Å². The zero-order chi connectivity index (χ0) is 15.4. The molecule has 0 atom stereocenters. The number of carbonyl (C=O) groups is 1. The van der Waals surface area contributed by atoms with Gasteiger partial charge in [-0.2, -0.15) is 5.10 Å². The standard InChI is InChI=1S/C16H21N5O.ClH/c17-16(7-2-1-3-8-16)15(22)19-12-13-6-4-9-18-14(13)21-11-5-10-20-21;/h4-6,9-11H,1-3,7-8,12,17H2,(H,19,22);1H. The fraction of sp³-hybridized carbons (Fsp3) is 0.438. The van der Waals surface area contributed by atoms with Crippen LogP contribution in [0, 0.1) is 0 Å². The quantitative estimate of drug-likeness (QED) is 0.894. The maximum absolute atomic E-state index is 12.4. The van der Waals surface area contributed by atoms with Crippen molar-refractivity contribution in [3.05, 3.63) is 42.4 Å². The molecule has 1 saturated carbocycles. The lowest BCUT2D eigenvalue weighted by atomic mass is 9.82. The molecular weight excluding hydrogens is 314 g/mol. The molecule has 1 aliphatic carbocycles. The summed E-state index contributed by atoms with van der Waals surface area (Å²) in [6.45, 7) is 0.404. The highest BCUT2D eigenvalue weighted by atomic mass is 35.5. The summed E-state index contributed by atoms with van der Waals surface area (Å²) in [5.74, 6) is 0.657. The normalized spacial score (nSPS) is 16.4. The van der Waals surface area contributed by atoms with Crippen LogP contribution < -0.4 is 11.1 Å². The molecule has 3 rings (SSSR count). The lowest BCUT2D eigenvalue weighted by molar-refractivity contribution is -0.127. The van der Waals surface area contributed by atoms with Crippen LogP contribution in [0.1, 0.15) is 37.7 Å². The van der Waals surface area contributed by atoms with Crippen LogP contribution >= 0.6 is 12.4 Å². The number of halogens is 1. The molecule has 1 fully saturated rings. The molecule has 3 N–H and O–H groups in total. The number of nitrogens with zero attached hydrogens (tertiary/aromatic N) is 3. The number of nitrogens with two attached hydrogens (primary N) is 1. The minimum absolute atomic E-state index is 0. The van der Waals surface area contributed by atoms with Crippen LogP contribution in [0.15, 0.2) is 36.8 Å². The molecule has 124 valence electrons. The summed E-state index contributed by atoms with van der Waals surface area (Å²) in [5.41, 5.74) is 6.45. The van der Waals surface area contributed by atoms with Crippen molar-refractivity contribution in [1.82, 2.24) is 20.1 Å². The van der Waals surface area contributed by atoms with Crippen LogP contribution in [0.25, 0.3) is 5.82 Å². The number of carbonyl (C=O) groups excluding carboxylic acids is 1. The zero-order valence-corrected chi connectivity index (χ0v) is 13.8. The molecule has 0 bridgehead atoms. The molecule has 2 aromatic heterocycles. The average Bonchev–Trinajstić information content (AvgIpc) is 3.08. The third-order valence-corrected chi connectivity index (χ3v) is 4.23. The fourth-order valence-corrected chi connectivity index (χ4v) is 2.93. The molecule has 2 heterocycles. The van der Waals surface area contributed by atoms with E-state index in [0.717, 1.165) is 43.5 Å². The Hall–Kier alpha value is -1.92. The van der Waals surface area contributed by atoms with Gasteiger partial charge in [0, 0.05) is 30.7 Å². The second-order valence-electron chi connectivity index (χ2n) is 5.84. The zero-order valence-electron chi connectivity index (χ0n) is 12.9. The minimum atomic E-state index is -0.716. The van der Waals surface area contributed by atoms with Crippen molar-refractivity contribution in [2.45, 2.75) is 44.2 Å². The van der Waals surface area contributed by atoms with Crippen LogP contribution in [0.5, 0.6) is 0 Å². The van der Waals surface area contributed by atoms with Crippen molar-refractivity contribution < 1.29 is 4.79 Å². The fourth-order valence-electron chi connectivity index (χ4n) is 2.93. The largest absolute Gasteiger partial charge is 0.350 e. The number of hydrogen-bond donors (Lipinski definition) is 2. The summed E-state index contributed by atoms with van der Waals surface area (Å²) in [6, 6.07) is 5.63. The molecule has 0 aliphatic heterocycles. The van der Waals surface area contributed by atoms with Crippen molar-refractivity contribution in [3.63, 3.8) is 0 Å². The number of amides is 1. The van der Waals surface area contributed by atoms with Gasteiger partial charge < -0.3 is 11.1 Å². The van der Waals surface area contributed by atoms with Crippen LogP contribution in [0.4, 0.5) is 0 Å². The molecule has 0 unspecified atom stereocenters. The Morgan fingerprint density at radius 3 is 2.74 bits per heavy atom. The molecular formula is C16H22ClN5O. The Bertz CT molecular complexity index is 638. The van der Waals surface area contributed by atoms with Crippen LogP contribution in [0.2, 0.25) is 0 Å². The first-order valence-corrected chi connectivity index (χ1v) is 7.70. The van der Waals surface area contributed by atoms with E-state index in [1.165, 1.54) is 0 Å². The Labute approximate surface area is 141 Å². The summed E-state index contributed by atoms with van der Waals surface area (Å²) in [4.78, 5) is 16.8. The first kappa shape index (κ1) is 17.4. The molecule has 23 heavy (non-hydrogen) atoms. The molecule has 0 saturated heterocycles. The lowest BCUT2D eigenvalue weighted by Crippen LogP contribution is -2.54. The number of pyridine rings is 1. The Morgan fingerprint density at radius 2 is 2.04 bits per heavy atom. The molecule has 0 aromatic carbocycles. The smallest absolute Gasteiger partial charge is 0.240 e. The molecule has 6 nitrogen and oxygen atoms in total. The van der Waals surface area contributed by atoms with E-state index in [1.54, 1.807) is 17.1 Å². The summed E-state index contributed by atoms with van der Waals surface area (Å²) >= 11 is 0. The van der Waals surface area contributed by atoms with Gasteiger partial charge in [-0.3, -0.25) is 4.79 Å². The van der Waals surface area contributed by atoms with Gasteiger partial charge in [-0.1, -0.05) is 25.3 Å². The minimum Gasteiger partial charge on any atom is -0.350 e. The van der Waals surface area contributed by atoms with E-state index < -0.39 is 5.54 Å². The van der Waals surface area contributed by atoms with E-state index in [1.807, 2.05) is 24.4 Å². The monoisotopic (exact) mass is 335 g/mol. The molecule has 7 heteroatoms. The maximum Gasteiger partial charge on any atom is 0.240 e. The Balaban J connectivity index is 0.00000192. The van der Waals surface area contributed by atoms with Gasteiger partial charge in [-0.05, 0) is 25.0 Å². The molecule has 2 aromatic rings. The van der Waals surface area contributed by atoms with Crippen molar-refractivity contribution in [3.8, 4) is 5.82 Å². The predicted molar refractivity (Wildman–Crippen MR) is 90.5 cm³/mol. The van der Waals surface area contributed by atoms with Crippen molar-refractivity contribution in [1.29, 1.82) is 0 Å². The van der Waals surface area contributed by atoms with Gasteiger partial charge in [-0.15, -0.1) is 12.4 Å². The lowest BCUT2D eigenvalue weighted by Gasteiger charge is -2.31. The van der Waals surface area contributed by atoms with Crippen LogP contribution in [0.3, 0.4) is 0 Å². The number of aromatic nitrogens is 3. The van der Waals surface area contributed by atoms with Gasteiger partial charge in [0.05, 0.1) is 5.54 Å². The summed E-state index contributed by atoms with van der Waals surface area (Å²) in [5, 5.41) is 7.16. The van der Waals surface area contributed by atoms with E-state index in [9.17, 15) is 4.79 Å². The van der Waals surface area contributed by atoms with Crippen molar-refractivity contribution in [2.24, 2.45) is 5.73 Å². The summed E-state index contributed by atoms with van der Waals surface area (Å²) < 4.78 is 1.69. The van der Waals surface area contributed by atoms with Crippen molar-refractivity contribution >= 4 is 18.3 Å². The number of rotatable bonds is 4. The summed E-state index contributed by atoms with van der Waals surface area (Å²) in [6.07, 6.45) is 9.99. The molecule has 0 spiro atoms. The maximum atomic E-state index is 12.4. The van der Waals surface area contributed by atoms with Gasteiger partial charge in [0.2, 0.25) is 5.91 Å². The first-order valence-electron chi connectivity index (χ1n) is 7.70. The van der Waals surface area contributed by atoms with E-state index in [2.05, 4.69) is 15.4 Å². The number of nitrogens with one attached hydrogen (secondary N) is 1. The van der Waals surface area contributed by atoms with Gasteiger partial charge in [0.15, 0.2) is 5.82 Å². The summed E-state index contributed by atoms with van der Waals surface area (Å²) in [7, 11) is 0. The Morgan fingerprint density at radius 1 is 1.26 bits per heavy atom. The van der Waals surface area contributed by atoms with E-state index in [-0.39, 0.29) is 18.3 Å². The second-order valence-corrected chi connectivity index (χ2v) is 5.84. The van der Waals surface area contributed by atoms with Crippen molar-refractivity contribution in [2.75, 3.05) is 0 Å². The molecule has 0 radical (unpaired) electrons. The molecule has 1 aliphatic rings. The van der Waals surface area contributed by atoms with E-state index >= 15 is 0 Å². The molecule has 1 amide bonds. The Kier molecular flexibility index (Phi) is 5.74. The predicted octanol–water partition coefficient (Wildman–Crippen LogP) is 1.97. The topological polar surface area (TPSA) is 85.8 Å². The van der Waals surface area contributed by atoms with E-state index in [0.29, 0.717) is 6.54 Å². The second kappa shape index (κ2) is 7.57. The average molecular weight is 336 g/mol. The van der Waals surface area contributed by atoms with Gasteiger partial charge >= 0.3 is 0 Å². The van der Waals surface area contributed by atoms with Gasteiger partial charge in [0.1, 0.15) is 0 Å². The van der Waals surface area contributed by atoms with Gasteiger partial charge in [-0.25, -0.2) is 9.67 Å². The van der Waals surface area contributed by atoms with Crippen LogP contribution in [-0.4, -0.2) is 26.2 Å². The van der Waals surface area contributed by atoms with Gasteiger partial charge in [0.25, 0.3) is 0 Å². The third-order valence-electron chi connectivity index (χ3n) is 4.23. The SMILES string of the molecule is Cl.NC1(C(=O)NCc2cccnc2-n2cccn2)CCCCC1. The highest BCUT2D eigenvalue weighted by Crippen LogP contribution is 2.26. The third kappa shape index (κ3) is 3.89.